The van der Waals surface area contributed by atoms with Crippen LogP contribution in [0.4, 0.5) is 17.1 Å². The van der Waals surface area contributed by atoms with E-state index in [4.69, 9.17) is 4.42 Å². The molecule has 324 valence electrons. The molecule has 1 aliphatic rings. The summed E-state index contributed by atoms with van der Waals surface area (Å²) in [5, 5.41) is 2.27. The van der Waals surface area contributed by atoms with Crippen molar-refractivity contribution in [3.63, 3.8) is 0 Å². The summed E-state index contributed by atoms with van der Waals surface area (Å²) >= 11 is 0. The summed E-state index contributed by atoms with van der Waals surface area (Å²) in [6.45, 7) is 0. The van der Waals surface area contributed by atoms with Crippen LogP contribution in [-0.2, 0) is 5.41 Å². The summed E-state index contributed by atoms with van der Waals surface area (Å²) < 4.78 is 6.32. The lowest BCUT2D eigenvalue weighted by molar-refractivity contribution is 0.669. The first-order valence-corrected chi connectivity index (χ1v) is 23.7. The van der Waals surface area contributed by atoms with E-state index in [-0.39, 0.29) is 0 Å². The molecule has 1 heterocycles. The van der Waals surface area contributed by atoms with E-state index in [2.05, 4.69) is 266 Å². The van der Waals surface area contributed by atoms with E-state index < -0.39 is 5.41 Å². The summed E-state index contributed by atoms with van der Waals surface area (Å²) in [5.41, 5.74) is 21.5. The smallest absolute Gasteiger partial charge is 0.136 e. The van der Waals surface area contributed by atoms with Gasteiger partial charge in [-0.1, -0.05) is 224 Å². The maximum absolute atomic E-state index is 6.32. The third kappa shape index (κ3) is 6.72. The second-order valence-electron chi connectivity index (χ2n) is 18.0. The van der Waals surface area contributed by atoms with Crippen LogP contribution in [0.15, 0.2) is 277 Å². The second kappa shape index (κ2) is 16.7. The van der Waals surface area contributed by atoms with Crippen molar-refractivity contribution in [1.29, 1.82) is 0 Å². The average Bonchev–Trinajstić information content (AvgIpc) is 3.96. The van der Waals surface area contributed by atoms with Crippen molar-refractivity contribution in [2.75, 3.05) is 4.90 Å². The quantitative estimate of drug-likeness (QED) is 0.144. The van der Waals surface area contributed by atoms with Crippen molar-refractivity contribution in [3.8, 4) is 55.6 Å². The molecule has 12 aromatic rings. The van der Waals surface area contributed by atoms with Gasteiger partial charge in [-0.15, -0.1) is 0 Å². The lowest BCUT2D eigenvalue weighted by atomic mass is 9.67. The normalized spacial score (nSPS) is 12.5. The number of hydrogen-bond acceptors (Lipinski definition) is 2. The van der Waals surface area contributed by atoms with Crippen LogP contribution < -0.4 is 4.90 Å². The molecular weight excluding hydrogens is 835 g/mol. The minimum absolute atomic E-state index is 0.505. The highest BCUT2D eigenvalue weighted by atomic mass is 16.3. The van der Waals surface area contributed by atoms with E-state index in [0.717, 1.165) is 55.7 Å². The molecule has 0 bridgehead atoms. The lowest BCUT2D eigenvalue weighted by Crippen LogP contribution is -2.28. The Morgan fingerprint density at radius 1 is 0.290 bits per heavy atom. The fourth-order valence-electron chi connectivity index (χ4n) is 11.0. The summed E-state index contributed by atoms with van der Waals surface area (Å²) in [5.74, 6) is 0. The van der Waals surface area contributed by atoms with Crippen molar-refractivity contribution < 1.29 is 4.42 Å². The topological polar surface area (TPSA) is 16.4 Å². The van der Waals surface area contributed by atoms with Gasteiger partial charge in [-0.3, -0.25) is 0 Å². The fourth-order valence-corrected chi connectivity index (χ4v) is 11.0. The van der Waals surface area contributed by atoms with Crippen LogP contribution in [0.5, 0.6) is 0 Å². The van der Waals surface area contributed by atoms with Gasteiger partial charge in [0.25, 0.3) is 0 Å². The highest BCUT2D eigenvalue weighted by molar-refractivity contribution is 6.06. The second-order valence-corrected chi connectivity index (χ2v) is 18.0. The van der Waals surface area contributed by atoms with E-state index >= 15 is 0 Å². The molecule has 0 aliphatic heterocycles. The van der Waals surface area contributed by atoms with Gasteiger partial charge in [0.15, 0.2) is 0 Å². The molecule has 2 heteroatoms. The van der Waals surface area contributed by atoms with Gasteiger partial charge in [0.1, 0.15) is 11.2 Å². The largest absolute Gasteiger partial charge is 0.456 e. The Labute approximate surface area is 402 Å². The van der Waals surface area contributed by atoms with Crippen LogP contribution in [0.2, 0.25) is 0 Å². The van der Waals surface area contributed by atoms with Gasteiger partial charge in [-0.25, -0.2) is 0 Å². The maximum Gasteiger partial charge on any atom is 0.136 e. The summed E-state index contributed by atoms with van der Waals surface area (Å²) in [6, 6.07) is 99.3. The average molecular weight is 880 g/mol. The van der Waals surface area contributed by atoms with Gasteiger partial charge in [-0.2, -0.15) is 0 Å². The molecule has 0 atom stereocenters. The molecule has 1 aliphatic carbocycles. The number of hydrogen-bond donors (Lipinski definition) is 0. The minimum Gasteiger partial charge on any atom is -0.456 e. The highest BCUT2D eigenvalue weighted by Gasteiger charge is 2.47. The highest BCUT2D eigenvalue weighted by Crippen LogP contribution is 2.59. The van der Waals surface area contributed by atoms with Crippen LogP contribution in [0, 0.1) is 0 Å². The molecule has 13 rings (SSSR count). The summed E-state index contributed by atoms with van der Waals surface area (Å²) in [7, 11) is 0. The van der Waals surface area contributed by atoms with Crippen molar-refractivity contribution in [2.45, 2.75) is 5.41 Å². The Bertz CT molecular complexity index is 3760. The molecular formula is C67H45NO. The standard InChI is InChI=1S/C67H45NO/c1-4-17-46(18-5-1)47-31-33-48(34-32-47)49-35-40-54(41-36-49)68(55-42-37-50(38-43-55)51-39-44-58-57-24-12-15-30-64(57)69-65(58)45-51)63-29-14-11-23-56(63)59-26-16-28-62-66(59)60-25-10-13-27-61(60)67(62,52-19-6-2-7-20-52)53-21-8-3-9-22-53/h1-45H. The number of para-hydroxylation sites is 2. The minimum atomic E-state index is -0.505. The van der Waals surface area contributed by atoms with Crippen LogP contribution in [0.1, 0.15) is 22.3 Å². The van der Waals surface area contributed by atoms with Crippen molar-refractivity contribution in [3.05, 3.63) is 295 Å². The number of nitrogens with zero attached hydrogens (tertiary/aromatic N) is 1. The zero-order valence-corrected chi connectivity index (χ0v) is 37.8. The van der Waals surface area contributed by atoms with Crippen molar-refractivity contribution in [1.82, 2.24) is 0 Å². The first kappa shape index (κ1) is 40.3. The van der Waals surface area contributed by atoms with Gasteiger partial charge >= 0.3 is 0 Å². The monoisotopic (exact) mass is 879 g/mol. The molecule has 2 nitrogen and oxygen atoms in total. The van der Waals surface area contributed by atoms with Gasteiger partial charge < -0.3 is 9.32 Å². The molecule has 69 heavy (non-hydrogen) atoms. The third-order valence-electron chi connectivity index (χ3n) is 14.2. The fraction of sp³-hybridized carbons (Fsp3) is 0.0149. The Kier molecular flexibility index (Phi) is 9.77. The van der Waals surface area contributed by atoms with E-state index in [1.807, 2.05) is 12.1 Å². The number of furan rings is 1. The van der Waals surface area contributed by atoms with Gasteiger partial charge in [0.2, 0.25) is 0 Å². The number of rotatable bonds is 9. The van der Waals surface area contributed by atoms with Gasteiger partial charge in [0, 0.05) is 27.7 Å². The third-order valence-corrected chi connectivity index (χ3v) is 14.2. The van der Waals surface area contributed by atoms with Crippen molar-refractivity contribution in [2.24, 2.45) is 0 Å². The molecule has 0 spiro atoms. The molecule has 0 saturated carbocycles. The predicted octanol–water partition coefficient (Wildman–Crippen LogP) is 18.1. The predicted molar refractivity (Wildman–Crippen MR) is 287 cm³/mol. The lowest BCUT2D eigenvalue weighted by Gasteiger charge is -2.34. The van der Waals surface area contributed by atoms with Crippen LogP contribution >= 0.6 is 0 Å². The van der Waals surface area contributed by atoms with E-state index in [1.54, 1.807) is 0 Å². The van der Waals surface area contributed by atoms with E-state index in [0.29, 0.717) is 0 Å². The number of anilines is 3. The maximum atomic E-state index is 6.32. The zero-order valence-electron chi connectivity index (χ0n) is 37.8. The Morgan fingerprint density at radius 2 is 0.739 bits per heavy atom. The van der Waals surface area contributed by atoms with Crippen LogP contribution in [-0.4, -0.2) is 0 Å². The Hall–Kier alpha value is -8.98. The number of benzene rings is 11. The first-order valence-electron chi connectivity index (χ1n) is 23.7. The van der Waals surface area contributed by atoms with Gasteiger partial charge in [-0.05, 0) is 121 Å². The summed E-state index contributed by atoms with van der Waals surface area (Å²) in [6.07, 6.45) is 0. The Morgan fingerprint density at radius 3 is 1.39 bits per heavy atom. The molecule has 0 saturated heterocycles. The first-order chi connectivity index (χ1) is 34.2. The molecule has 0 radical (unpaired) electrons. The SMILES string of the molecule is c1ccc(-c2ccc(-c3ccc(N(c4ccc(-c5ccc6c(c5)oc5ccccc56)cc4)c4ccccc4-c4cccc5c4-c4ccccc4C5(c4ccccc4)c4ccccc4)cc3)cc2)cc1. The number of fused-ring (bicyclic) bond motifs is 6. The van der Waals surface area contributed by atoms with Crippen LogP contribution in [0.3, 0.4) is 0 Å². The molecule has 1 aromatic heterocycles. The van der Waals surface area contributed by atoms with E-state index in [9.17, 15) is 0 Å². The molecule has 0 N–H and O–H groups in total. The summed E-state index contributed by atoms with van der Waals surface area (Å²) in [4.78, 5) is 2.42. The van der Waals surface area contributed by atoms with E-state index in [1.165, 1.54) is 61.2 Å². The Balaban J connectivity index is 0.964. The molecule has 0 unspecified atom stereocenters. The molecule has 11 aromatic carbocycles. The molecule has 0 amide bonds. The van der Waals surface area contributed by atoms with Crippen molar-refractivity contribution >= 4 is 39.0 Å². The zero-order chi connectivity index (χ0) is 45.7. The van der Waals surface area contributed by atoms with Crippen LogP contribution in [0.25, 0.3) is 77.6 Å². The van der Waals surface area contributed by atoms with Gasteiger partial charge in [0.05, 0.1) is 11.1 Å². The molecule has 0 fully saturated rings.